The molecule has 1 aliphatic carbocycles. The number of aromatic carboxylic acids is 1. The van der Waals surface area contributed by atoms with E-state index in [2.05, 4.69) is 34.3 Å². The van der Waals surface area contributed by atoms with Gasteiger partial charge in [-0.3, -0.25) is 9.69 Å². The monoisotopic (exact) mass is 487 g/mol. The van der Waals surface area contributed by atoms with Gasteiger partial charge in [0.05, 0.1) is 16.9 Å². The van der Waals surface area contributed by atoms with Crippen LogP contribution in [0.2, 0.25) is 0 Å². The van der Waals surface area contributed by atoms with Crippen LogP contribution < -0.4 is 10.3 Å². The first-order valence-electron chi connectivity index (χ1n) is 12.2. The van der Waals surface area contributed by atoms with Gasteiger partial charge in [0.2, 0.25) is 5.43 Å². The van der Waals surface area contributed by atoms with Crippen molar-refractivity contribution >= 4 is 22.6 Å². The van der Waals surface area contributed by atoms with Gasteiger partial charge in [-0.1, -0.05) is 12.1 Å². The van der Waals surface area contributed by atoms with Crippen molar-refractivity contribution in [2.24, 2.45) is 0 Å². The minimum atomic E-state index is -1.28. The van der Waals surface area contributed by atoms with Gasteiger partial charge in [0.15, 0.2) is 0 Å². The third-order valence-corrected chi connectivity index (χ3v) is 7.10. The highest BCUT2D eigenvalue weighted by Crippen LogP contribution is 2.38. The van der Waals surface area contributed by atoms with Crippen molar-refractivity contribution < 1.29 is 14.3 Å². The standard InChI is InChI=1S/C27H26FN5O3/c28-23-14-21-24(32(19-6-7-19)17-22(26(21)34)27(35)36)15-25(23)31-12-10-30(11-13-31)16-18-2-4-20(5-3-18)33-9-1-8-29-33/h1-5,8-9,14-15,17,19H,6-7,10-13,16H2,(H,35,36). The summed E-state index contributed by atoms with van der Waals surface area (Å²) in [7, 11) is 0. The molecule has 3 heterocycles. The highest BCUT2D eigenvalue weighted by Gasteiger charge is 2.28. The predicted molar refractivity (Wildman–Crippen MR) is 134 cm³/mol. The first-order valence-corrected chi connectivity index (χ1v) is 12.2. The molecule has 2 fully saturated rings. The Kier molecular flexibility index (Phi) is 5.56. The van der Waals surface area contributed by atoms with Gasteiger partial charge in [-0.05, 0) is 48.7 Å². The van der Waals surface area contributed by atoms with Crippen molar-refractivity contribution in [2.45, 2.75) is 25.4 Å². The van der Waals surface area contributed by atoms with Crippen LogP contribution in [0.5, 0.6) is 0 Å². The second-order valence-electron chi connectivity index (χ2n) is 9.52. The maximum atomic E-state index is 15.2. The first kappa shape index (κ1) is 22.5. The molecule has 184 valence electrons. The summed E-state index contributed by atoms with van der Waals surface area (Å²) in [5.41, 5.74) is 2.33. The van der Waals surface area contributed by atoms with E-state index >= 15 is 4.39 Å². The summed E-state index contributed by atoms with van der Waals surface area (Å²) < 4.78 is 18.9. The molecular formula is C27H26FN5O3. The molecule has 1 saturated carbocycles. The summed E-state index contributed by atoms with van der Waals surface area (Å²) in [5, 5.41) is 13.8. The van der Waals surface area contributed by atoms with E-state index in [0.29, 0.717) is 24.3 Å². The van der Waals surface area contributed by atoms with E-state index in [1.54, 1.807) is 12.3 Å². The van der Waals surface area contributed by atoms with Crippen LogP contribution in [0.25, 0.3) is 16.6 Å². The molecule has 0 bridgehead atoms. The number of aromatic nitrogens is 3. The van der Waals surface area contributed by atoms with Gasteiger partial charge in [0.25, 0.3) is 0 Å². The maximum absolute atomic E-state index is 15.2. The minimum absolute atomic E-state index is 0.125. The number of anilines is 1. The molecule has 1 N–H and O–H groups in total. The SMILES string of the molecule is O=C(O)c1cn(C2CC2)c2cc(N3CCN(Cc4ccc(-n5cccn5)cc4)CC3)c(F)cc2c1=O. The zero-order chi connectivity index (χ0) is 24.8. The lowest BCUT2D eigenvalue weighted by atomic mass is 10.1. The number of pyridine rings is 1. The summed E-state index contributed by atoms with van der Waals surface area (Å²) >= 11 is 0. The molecule has 1 saturated heterocycles. The van der Waals surface area contributed by atoms with E-state index in [9.17, 15) is 14.7 Å². The van der Waals surface area contributed by atoms with Crippen LogP contribution in [0.15, 0.2) is 65.8 Å². The van der Waals surface area contributed by atoms with Gasteiger partial charge in [-0.2, -0.15) is 5.10 Å². The molecule has 4 aromatic rings. The molecular weight excluding hydrogens is 461 g/mol. The number of halogens is 1. The van der Waals surface area contributed by atoms with Crippen LogP contribution in [0.1, 0.15) is 34.8 Å². The number of fused-ring (bicyclic) bond motifs is 1. The fourth-order valence-electron chi connectivity index (χ4n) is 4.99. The highest BCUT2D eigenvalue weighted by molar-refractivity contribution is 5.93. The average molecular weight is 488 g/mol. The molecule has 2 aliphatic rings. The summed E-state index contributed by atoms with van der Waals surface area (Å²) in [6.45, 7) is 3.70. The van der Waals surface area contributed by atoms with Gasteiger partial charge < -0.3 is 14.6 Å². The van der Waals surface area contributed by atoms with Gasteiger partial charge >= 0.3 is 5.97 Å². The molecule has 1 aliphatic heterocycles. The van der Waals surface area contributed by atoms with Crippen LogP contribution >= 0.6 is 0 Å². The van der Waals surface area contributed by atoms with Crippen molar-refractivity contribution in [1.82, 2.24) is 19.2 Å². The molecule has 0 spiro atoms. The van der Waals surface area contributed by atoms with Gasteiger partial charge in [0.1, 0.15) is 11.4 Å². The lowest BCUT2D eigenvalue weighted by Crippen LogP contribution is -2.46. The van der Waals surface area contributed by atoms with E-state index < -0.39 is 17.2 Å². The van der Waals surface area contributed by atoms with Crippen molar-refractivity contribution in [2.75, 3.05) is 31.1 Å². The van der Waals surface area contributed by atoms with E-state index in [1.807, 2.05) is 26.4 Å². The Hall–Kier alpha value is -3.98. The zero-order valence-corrected chi connectivity index (χ0v) is 19.7. The second-order valence-corrected chi connectivity index (χ2v) is 9.52. The number of hydrogen-bond acceptors (Lipinski definition) is 5. The normalized spacial score (nSPS) is 16.5. The van der Waals surface area contributed by atoms with Gasteiger partial charge in [0, 0.05) is 62.7 Å². The van der Waals surface area contributed by atoms with Crippen LogP contribution in [-0.4, -0.2) is 56.5 Å². The minimum Gasteiger partial charge on any atom is -0.477 e. The number of carbonyl (C=O) groups is 1. The number of benzene rings is 2. The van der Waals surface area contributed by atoms with Crippen molar-refractivity contribution in [3.63, 3.8) is 0 Å². The van der Waals surface area contributed by atoms with Crippen molar-refractivity contribution in [3.05, 3.63) is 88.2 Å². The summed E-state index contributed by atoms with van der Waals surface area (Å²) in [4.78, 5) is 28.6. The summed E-state index contributed by atoms with van der Waals surface area (Å²) in [6.07, 6.45) is 6.93. The molecule has 2 aromatic heterocycles. The quantitative estimate of drug-likeness (QED) is 0.447. The fourth-order valence-corrected chi connectivity index (χ4v) is 4.99. The third kappa shape index (κ3) is 4.15. The molecule has 36 heavy (non-hydrogen) atoms. The largest absolute Gasteiger partial charge is 0.477 e. The van der Waals surface area contributed by atoms with E-state index in [0.717, 1.165) is 38.2 Å². The van der Waals surface area contributed by atoms with Crippen LogP contribution in [0, 0.1) is 5.82 Å². The number of rotatable bonds is 6. The first-order chi connectivity index (χ1) is 17.5. The highest BCUT2D eigenvalue weighted by atomic mass is 19.1. The Morgan fingerprint density at radius 3 is 2.47 bits per heavy atom. The molecule has 0 atom stereocenters. The molecule has 6 rings (SSSR count). The smallest absolute Gasteiger partial charge is 0.341 e. The number of carboxylic acid groups (broad SMARTS) is 1. The van der Waals surface area contributed by atoms with Crippen molar-refractivity contribution in [3.8, 4) is 5.69 Å². The van der Waals surface area contributed by atoms with E-state index in [1.165, 1.54) is 17.8 Å². The number of carboxylic acids is 1. The molecule has 8 nitrogen and oxygen atoms in total. The predicted octanol–water partition coefficient (Wildman–Crippen LogP) is 3.68. The second kappa shape index (κ2) is 8.91. The fraction of sp³-hybridized carbons (Fsp3) is 0.296. The van der Waals surface area contributed by atoms with Gasteiger partial charge in [-0.15, -0.1) is 0 Å². The summed E-state index contributed by atoms with van der Waals surface area (Å²) in [6, 6.07) is 13.3. The van der Waals surface area contributed by atoms with E-state index in [-0.39, 0.29) is 17.0 Å². The van der Waals surface area contributed by atoms with Crippen LogP contribution in [0.4, 0.5) is 10.1 Å². The summed E-state index contributed by atoms with van der Waals surface area (Å²) in [5.74, 6) is -1.78. The topological polar surface area (TPSA) is 83.6 Å². The lowest BCUT2D eigenvalue weighted by molar-refractivity contribution is 0.0695. The third-order valence-electron chi connectivity index (χ3n) is 7.10. The Labute approximate surface area is 206 Å². The molecule has 0 unspecified atom stereocenters. The number of nitrogens with zero attached hydrogens (tertiary/aromatic N) is 5. The molecule has 0 amide bonds. The van der Waals surface area contributed by atoms with Crippen LogP contribution in [0.3, 0.4) is 0 Å². The Morgan fingerprint density at radius 1 is 1.08 bits per heavy atom. The molecule has 0 radical (unpaired) electrons. The Bertz CT molecular complexity index is 1480. The number of hydrogen-bond donors (Lipinski definition) is 1. The van der Waals surface area contributed by atoms with E-state index in [4.69, 9.17) is 0 Å². The van der Waals surface area contributed by atoms with Crippen LogP contribution in [-0.2, 0) is 6.54 Å². The Morgan fingerprint density at radius 2 is 1.83 bits per heavy atom. The lowest BCUT2D eigenvalue weighted by Gasteiger charge is -2.36. The Balaban J connectivity index is 1.20. The average Bonchev–Trinajstić information content (AvgIpc) is 3.58. The van der Waals surface area contributed by atoms with Gasteiger partial charge in [-0.25, -0.2) is 13.9 Å². The number of piperazine rings is 1. The maximum Gasteiger partial charge on any atom is 0.341 e. The zero-order valence-electron chi connectivity index (χ0n) is 19.7. The van der Waals surface area contributed by atoms with Crippen molar-refractivity contribution in [1.29, 1.82) is 0 Å². The molecule has 2 aromatic carbocycles. The molecule has 9 heteroatoms.